The van der Waals surface area contributed by atoms with Crippen LogP contribution in [0.15, 0.2) is 0 Å². The molecule has 0 radical (unpaired) electrons. The quantitative estimate of drug-likeness (QED) is 0.790. The third kappa shape index (κ3) is 1.86. The van der Waals surface area contributed by atoms with Crippen molar-refractivity contribution in [2.45, 2.75) is 51.6 Å². The van der Waals surface area contributed by atoms with Crippen LogP contribution in [0.3, 0.4) is 0 Å². The van der Waals surface area contributed by atoms with Gasteiger partial charge in [-0.05, 0) is 38.1 Å². The molecule has 1 saturated carbocycles. The zero-order valence-electron chi connectivity index (χ0n) is 10.7. The summed E-state index contributed by atoms with van der Waals surface area (Å²) in [5.74, 6) is 1.84. The average molecular weight is 224 g/mol. The Bertz CT molecular complexity index is 267. The van der Waals surface area contributed by atoms with E-state index in [4.69, 9.17) is 0 Å². The molecule has 0 aromatic carbocycles. The normalized spacial score (nSPS) is 39.7. The Hall–Kier alpha value is -0.570. The fraction of sp³-hybridized carbons (Fsp3) is 0.923. The zero-order chi connectivity index (χ0) is 11.7. The molecule has 16 heavy (non-hydrogen) atoms. The van der Waals surface area contributed by atoms with Gasteiger partial charge in [-0.1, -0.05) is 20.3 Å². The number of likely N-dealkylation sites (tertiary alicyclic amines) is 1. The monoisotopic (exact) mass is 224 g/mol. The molecule has 2 aliphatic rings. The van der Waals surface area contributed by atoms with E-state index in [2.05, 4.69) is 24.1 Å². The molecule has 92 valence electrons. The van der Waals surface area contributed by atoms with Gasteiger partial charge >= 0.3 is 0 Å². The van der Waals surface area contributed by atoms with E-state index in [1.165, 1.54) is 19.3 Å². The van der Waals surface area contributed by atoms with Crippen molar-refractivity contribution in [3.63, 3.8) is 0 Å². The van der Waals surface area contributed by atoms with E-state index in [-0.39, 0.29) is 6.04 Å². The van der Waals surface area contributed by atoms with E-state index in [0.717, 1.165) is 18.9 Å². The summed E-state index contributed by atoms with van der Waals surface area (Å²) < 4.78 is 0. The standard InChI is InChI=1S/C13H24N2O/c1-4-10-5-6-12(9(10)2)15-8-7-11(14-3)13(15)16/h9-12,14H,4-8H2,1-3H3. The first-order valence-electron chi connectivity index (χ1n) is 6.66. The predicted octanol–water partition coefficient (Wildman–Crippen LogP) is 1.63. The summed E-state index contributed by atoms with van der Waals surface area (Å²) in [5.41, 5.74) is 0. The smallest absolute Gasteiger partial charge is 0.240 e. The third-order valence-corrected chi connectivity index (χ3v) is 4.70. The number of carbonyl (C=O) groups is 1. The van der Waals surface area contributed by atoms with Gasteiger partial charge in [0.1, 0.15) is 0 Å². The van der Waals surface area contributed by atoms with Gasteiger partial charge in [-0.2, -0.15) is 0 Å². The van der Waals surface area contributed by atoms with E-state index in [9.17, 15) is 4.79 Å². The lowest BCUT2D eigenvalue weighted by atomic mass is 9.93. The fourth-order valence-electron chi connectivity index (χ4n) is 3.54. The number of nitrogens with zero attached hydrogens (tertiary/aromatic N) is 1. The van der Waals surface area contributed by atoms with E-state index in [0.29, 0.717) is 17.9 Å². The highest BCUT2D eigenvalue weighted by Gasteiger charge is 2.41. The predicted molar refractivity (Wildman–Crippen MR) is 65.1 cm³/mol. The molecule has 0 aromatic heterocycles. The number of nitrogens with one attached hydrogen (secondary N) is 1. The molecular weight excluding hydrogens is 200 g/mol. The van der Waals surface area contributed by atoms with Crippen molar-refractivity contribution in [1.29, 1.82) is 0 Å². The van der Waals surface area contributed by atoms with Gasteiger partial charge in [0.15, 0.2) is 0 Å². The van der Waals surface area contributed by atoms with Crippen LogP contribution in [0.25, 0.3) is 0 Å². The molecule has 2 rings (SSSR count). The van der Waals surface area contributed by atoms with Crippen LogP contribution in [-0.2, 0) is 4.79 Å². The SMILES string of the molecule is CCC1CCC(N2CCC(NC)C2=O)C1C. The van der Waals surface area contributed by atoms with Crippen LogP contribution >= 0.6 is 0 Å². The molecule has 3 heteroatoms. The number of likely N-dealkylation sites (N-methyl/N-ethyl adjacent to an activating group) is 1. The highest BCUT2D eigenvalue weighted by molar-refractivity contribution is 5.84. The van der Waals surface area contributed by atoms with E-state index in [1.54, 1.807) is 0 Å². The van der Waals surface area contributed by atoms with Gasteiger partial charge in [-0.3, -0.25) is 4.79 Å². The van der Waals surface area contributed by atoms with Gasteiger partial charge in [-0.25, -0.2) is 0 Å². The minimum atomic E-state index is 0.0767. The highest BCUT2D eigenvalue weighted by atomic mass is 16.2. The van der Waals surface area contributed by atoms with Crippen LogP contribution in [-0.4, -0.2) is 36.5 Å². The van der Waals surface area contributed by atoms with Crippen molar-refractivity contribution in [2.75, 3.05) is 13.6 Å². The molecule has 3 nitrogen and oxygen atoms in total. The summed E-state index contributed by atoms with van der Waals surface area (Å²) in [6.45, 7) is 5.55. The van der Waals surface area contributed by atoms with Crippen LogP contribution < -0.4 is 5.32 Å². The number of hydrogen-bond donors (Lipinski definition) is 1. The lowest BCUT2D eigenvalue weighted by Gasteiger charge is -2.29. The maximum Gasteiger partial charge on any atom is 0.240 e. The Morgan fingerprint density at radius 2 is 2.12 bits per heavy atom. The van der Waals surface area contributed by atoms with Gasteiger partial charge in [0.25, 0.3) is 0 Å². The van der Waals surface area contributed by atoms with Crippen molar-refractivity contribution in [1.82, 2.24) is 10.2 Å². The molecule has 2 fully saturated rings. The van der Waals surface area contributed by atoms with Crippen molar-refractivity contribution < 1.29 is 4.79 Å². The topological polar surface area (TPSA) is 32.3 Å². The Morgan fingerprint density at radius 3 is 2.62 bits per heavy atom. The van der Waals surface area contributed by atoms with Gasteiger partial charge in [0.2, 0.25) is 5.91 Å². The summed E-state index contributed by atoms with van der Waals surface area (Å²) in [6.07, 6.45) is 4.75. The van der Waals surface area contributed by atoms with E-state index in [1.807, 2.05) is 7.05 Å². The third-order valence-electron chi connectivity index (χ3n) is 4.70. The van der Waals surface area contributed by atoms with Crippen LogP contribution in [0, 0.1) is 11.8 Å². The Morgan fingerprint density at radius 1 is 1.38 bits per heavy atom. The first-order chi connectivity index (χ1) is 7.69. The van der Waals surface area contributed by atoms with Crippen LogP contribution in [0.1, 0.15) is 39.5 Å². The number of hydrogen-bond acceptors (Lipinski definition) is 2. The lowest BCUT2D eigenvalue weighted by molar-refractivity contribution is -0.131. The maximum absolute atomic E-state index is 12.1. The summed E-state index contributed by atoms with van der Waals surface area (Å²) >= 11 is 0. The second-order valence-corrected chi connectivity index (χ2v) is 5.33. The van der Waals surface area contributed by atoms with Gasteiger partial charge in [0, 0.05) is 12.6 Å². The summed E-state index contributed by atoms with van der Waals surface area (Å²) in [7, 11) is 1.89. The molecule has 1 N–H and O–H groups in total. The lowest BCUT2D eigenvalue weighted by Crippen LogP contribution is -2.43. The van der Waals surface area contributed by atoms with Crippen LogP contribution in [0.2, 0.25) is 0 Å². The molecule has 1 amide bonds. The number of amides is 1. The van der Waals surface area contributed by atoms with Crippen molar-refractivity contribution in [3.05, 3.63) is 0 Å². The van der Waals surface area contributed by atoms with E-state index < -0.39 is 0 Å². The second kappa shape index (κ2) is 4.74. The van der Waals surface area contributed by atoms with Gasteiger partial charge < -0.3 is 10.2 Å². The molecule has 4 atom stereocenters. The average Bonchev–Trinajstić information content (AvgIpc) is 2.82. The van der Waals surface area contributed by atoms with Crippen molar-refractivity contribution in [2.24, 2.45) is 11.8 Å². The fourth-order valence-corrected chi connectivity index (χ4v) is 3.54. The van der Waals surface area contributed by atoms with Crippen LogP contribution in [0.5, 0.6) is 0 Å². The minimum Gasteiger partial charge on any atom is -0.338 e. The molecule has 0 spiro atoms. The summed E-state index contributed by atoms with van der Waals surface area (Å²) in [5, 5.41) is 3.12. The number of carbonyl (C=O) groups excluding carboxylic acids is 1. The first kappa shape index (κ1) is 11.9. The molecule has 0 bridgehead atoms. The second-order valence-electron chi connectivity index (χ2n) is 5.33. The molecule has 1 aliphatic carbocycles. The molecule has 4 unspecified atom stereocenters. The van der Waals surface area contributed by atoms with Gasteiger partial charge in [0.05, 0.1) is 6.04 Å². The molecular formula is C13H24N2O. The molecule has 0 aromatic rings. The highest BCUT2D eigenvalue weighted by Crippen LogP contribution is 2.38. The molecule has 1 aliphatic heterocycles. The van der Waals surface area contributed by atoms with E-state index >= 15 is 0 Å². The number of rotatable bonds is 3. The summed E-state index contributed by atoms with van der Waals surface area (Å²) in [6, 6.07) is 0.587. The van der Waals surface area contributed by atoms with Crippen LogP contribution in [0.4, 0.5) is 0 Å². The van der Waals surface area contributed by atoms with Crippen molar-refractivity contribution >= 4 is 5.91 Å². The minimum absolute atomic E-state index is 0.0767. The maximum atomic E-state index is 12.1. The Labute approximate surface area is 98.6 Å². The van der Waals surface area contributed by atoms with Gasteiger partial charge in [-0.15, -0.1) is 0 Å². The molecule has 1 saturated heterocycles. The first-order valence-corrected chi connectivity index (χ1v) is 6.66. The zero-order valence-corrected chi connectivity index (χ0v) is 10.7. The summed E-state index contributed by atoms with van der Waals surface area (Å²) in [4.78, 5) is 14.3. The largest absolute Gasteiger partial charge is 0.338 e. The van der Waals surface area contributed by atoms with Crippen molar-refractivity contribution in [3.8, 4) is 0 Å². The molecule has 1 heterocycles. The Balaban J connectivity index is 2.02. The Kier molecular flexibility index (Phi) is 3.53.